The summed E-state index contributed by atoms with van der Waals surface area (Å²) in [5.41, 5.74) is 5.72. The van der Waals surface area contributed by atoms with Crippen LogP contribution in [0.25, 0.3) is 0 Å². The first kappa shape index (κ1) is 14.9. The van der Waals surface area contributed by atoms with Gasteiger partial charge in [-0.25, -0.2) is 0 Å². The molecule has 0 aliphatic heterocycles. The van der Waals surface area contributed by atoms with Crippen molar-refractivity contribution in [3.05, 3.63) is 0 Å². The van der Waals surface area contributed by atoms with Gasteiger partial charge in [-0.2, -0.15) is 0 Å². The minimum Gasteiger partial charge on any atom is -0.481 e. The molecule has 0 fully saturated rings. The minimum atomic E-state index is -0.893. The van der Waals surface area contributed by atoms with Gasteiger partial charge < -0.3 is 15.7 Å². The number of carbonyl (C=O) groups is 2. The number of likely N-dealkylation sites (N-methyl/N-ethyl adjacent to an activating group) is 1. The summed E-state index contributed by atoms with van der Waals surface area (Å²) < 4.78 is 0. The third-order valence-corrected chi connectivity index (χ3v) is 2.53. The molecule has 0 aliphatic carbocycles. The highest BCUT2D eigenvalue weighted by Crippen LogP contribution is 2.04. The monoisotopic (exact) mass is 230 g/mol. The van der Waals surface area contributed by atoms with Crippen molar-refractivity contribution in [1.82, 2.24) is 4.90 Å². The highest BCUT2D eigenvalue weighted by molar-refractivity contribution is 5.82. The fraction of sp³-hybridized carbons (Fsp3) is 0.818. The third kappa shape index (κ3) is 4.61. The van der Waals surface area contributed by atoms with Crippen LogP contribution in [0.2, 0.25) is 0 Å². The van der Waals surface area contributed by atoms with E-state index in [-0.39, 0.29) is 12.5 Å². The van der Waals surface area contributed by atoms with Gasteiger partial charge in [0.25, 0.3) is 0 Å². The van der Waals surface area contributed by atoms with Crippen LogP contribution < -0.4 is 5.73 Å². The first-order valence-corrected chi connectivity index (χ1v) is 5.71. The van der Waals surface area contributed by atoms with Crippen LogP contribution in [0, 0.1) is 5.92 Å². The molecule has 0 aliphatic rings. The fourth-order valence-electron chi connectivity index (χ4n) is 1.45. The van der Waals surface area contributed by atoms with Gasteiger partial charge in [0.2, 0.25) is 5.91 Å². The van der Waals surface area contributed by atoms with Gasteiger partial charge in [-0.15, -0.1) is 0 Å². The van der Waals surface area contributed by atoms with Crippen LogP contribution in [0.15, 0.2) is 0 Å². The fourth-order valence-corrected chi connectivity index (χ4v) is 1.45. The summed E-state index contributed by atoms with van der Waals surface area (Å²) in [6, 6.07) is -0.508. The molecule has 0 saturated carbocycles. The average Bonchev–Trinajstić information content (AvgIpc) is 2.24. The van der Waals surface area contributed by atoms with Crippen LogP contribution in [-0.4, -0.2) is 41.0 Å². The average molecular weight is 230 g/mol. The second-order valence-corrected chi connectivity index (χ2v) is 4.01. The predicted octanol–water partition coefficient (Wildman–Crippen LogP) is 0.683. The summed E-state index contributed by atoms with van der Waals surface area (Å²) in [5.74, 6) is -1.61. The van der Waals surface area contributed by atoms with E-state index in [1.54, 1.807) is 6.92 Å². The Hall–Kier alpha value is -1.10. The number of nitrogens with two attached hydrogens (primary N) is 1. The first-order chi connectivity index (χ1) is 7.43. The van der Waals surface area contributed by atoms with Gasteiger partial charge in [0.1, 0.15) is 0 Å². The zero-order valence-corrected chi connectivity index (χ0v) is 10.3. The highest BCUT2D eigenvalue weighted by Gasteiger charge is 2.22. The Morgan fingerprint density at radius 1 is 1.38 bits per heavy atom. The zero-order valence-electron chi connectivity index (χ0n) is 10.3. The molecule has 5 nitrogen and oxygen atoms in total. The van der Waals surface area contributed by atoms with E-state index in [1.807, 2.05) is 13.8 Å². The Labute approximate surface area is 96.6 Å². The van der Waals surface area contributed by atoms with Crippen LogP contribution in [0.1, 0.15) is 33.6 Å². The molecule has 3 N–H and O–H groups in total. The van der Waals surface area contributed by atoms with Gasteiger partial charge in [-0.3, -0.25) is 9.59 Å². The largest absolute Gasteiger partial charge is 0.481 e. The zero-order chi connectivity index (χ0) is 12.7. The van der Waals surface area contributed by atoms with Gasteiger partial charge in [0, 0.05) is 13.1 Å². The van der Waals surface area contributed by atoms with Crippen LogP contribution >= 0.6 is 0 Å². The Morgan fingerprint density at radius 3 is 2.31 bits per heavy atom. The summed E-state index contributed by atoms with van der Waals surface area (Å²) in [7, 11) is 0. The maximum absolute atomic E-state index is 11.8. The van der Waals surface area contributed by atoms with Crippen LogP contribution in [0.4, 0.5) is 0 Å². The second kappa shape index (κ2) is 7.22. The maximum Gasteiger partial charge on any atom is 0.308 e. The molecule has 94 valence electrons. The van der Waals surface area contributed by atoms with Gasteiger partial charge in [-0.1, -0.05) is 20.3 Å². The Kier molecular flexibility index (Phi) is 6.72. The molecule has 0 saturated heterocycles. The van der Waals surface area contributed by atoms with E-state index < -0.39 is 17.9 Å². The molecule has 0 radical (unpaired) electrons. The van der Waals surface area contributed by atoms with Crippen molar-refractivity contribution in [2.45, 2.75) is 39.7 Å². The normalized spacial score (nSPS) is 14.2. The molecule has 0 aromatic rings. The topological polar surface area (TPSA) is 83.6 Å². The number of hydrogen-bond donors (Lipinski definition) is 2. The molecule has 0 bridgehead atoms. The molecule has 0 heterocycles. The van der Waals surface area contributed by atoms with Gasteiger partial charge in [0.05, 0.1) is 12.0 Å². The quantitative estimate of drug-likeness (QED) is 0.673. The van der Waals surface area contributed by atoms with E-state index in [0.717, 1.165) is 6.42 Å². The Morgan fingerprint density at radius 2 is 1.94 bits per heavy atom. The molecule has 0 aromatic heterocycles. The Balaban J connectivity index is 4.37. The van der Waals surface area contributed by atoms with Crippen molar-refractivity contribution in [1.29, 1.82) is 0 Å². The number of amides is 1. The number of carboxylic acid groups (broad SMARTS) is 1. The van der Waals surface area contributed by atoms with Gasteiger partial charge >= 0.3 is 5.97 Å². The van der Waals surface area contributed by atoms with Crippen molar-refractivity contribution in [3.63, 3.8) is 0 Å². The number of carboxylic acids is 1. The third-order valence-electron chi connectivity index (χ3n) is 2.53. The number of nitrogens with zero attached hydrogens (tertiary/aromatic N) is 1. The molecule has 0 aromatic carbocycles. The molecule has 0 spiro atoms. The summed E-state index contributed by atoms with van der Waals surface area (Å²) in [6.07, 6.45) is 1.48. The lowest BCUT2D eigenvalue weighted by Crippen LogP contribution is -2.46. The smallest absolute Gasteiger partial charge is 0.308 e. The van der Waals surface area contributed by atoms with E-state index in [9.17, 15) is 9.59 Å². The van der Waals surface area contributed by atoms with Crippen molar-refractivity contribution in [3.8, 4) is 0 Å². The Bertz CT molecular complexity index is 243. The first-order valence-electron chi connectivity index (χ1n) is 5.71. The predicted molar refractivity (Wildman–Crippen MR) is 61.9 cm³/mol. The van der Waals surface area contributed by atoms with Crippen molar-refractivity contribution < 1.29 is 14.7 Å². The SMILES string of the molecule is CCC[C@H](N)C(=O)N(CC)CC(C)C(=O)O. The van der Waals surface area contributed by atoms with Gasteiger partial charge in [0.15, 0.2) is 0 Å². The molecule has 1 amide bonds. The molecule has 5 heteroatoms. The molecule has 0 rings (SSSR count). The molecule has 2 atom stereocenters. The molecule has 16 heavy (non-hydrogen) atoms. The standard InChI is InChI=1S/C11H22N2O3/c1-4-6-9(12)10(14)13(5-2)7-8(3)11(15)16/h8-9H,4-7,12H2,1-3H3,(H,15,16)/t8?,9-/m0/s1. The van der Waals surface area contributed by atoms with E-state index in [2.05, 4.69) is 0 Å². The summed E-state index contributed by atoms with van der Waals surface area (Å²) in [5, 5.41) is 8.78. The molecular weight excluding hydrogens is 208 g/mol. The molecular formula is C11H22N2O3. The lowest BCUT2D eigenvalue weighted by Gasteiger charge is -2.25. The number of aliphatic carboxylic acids is 1. The minimum absolute atomic E-state index is 0.155. The number of rotatable bonds is 7. The van der Waals surface area contributed by atoms with Crippen LogP contribution in [-0.2, 0) is 9.59 Å². The number of carbonyl (C=O) groups excluding carboxylic acids is 1. The van der Waals surface area contributed by atoms with Crippen molar-refractivity contribution in [2.24, 2.45) is 11.7 Å². The maximum atomic E-state index is 11.8. The lowest BCUT2D eigenvalue weighted by atomic mass is 10.1. The van der Waals surface area contributed by atoms with E-state index in [4.69, 9.17) is 10.8 Å². The van der Waals surface area contributed by atoms with Crippen LogP contribution in [0.3, 0.4) is 0 Å². The van der Waals surface area contributed by atoms with Crippen molar-refractivity contribution >= 4 is 11.9 Å². The van der Waals surface area contributed by atoms with Crippen molar-refractivity contribution in [2.75, 3.05) is 13.1 Å². The summed E-state index contributed by atoms with van der Waals surface area (Å²) in [4.78, 5) is 24.0. The lowest BCUT2D eigenvalue weighted by molar-refractivity contribution is -0.143. The van der Waals surface area contributed by atoms with E-state index >= 15 is 0 Å². The summed E-state index contributed by atoms with van der Waals surface area (Å²) >= 11 is 0. The molecule has 1 unspecified atom stereocenters. The number of hydrogen-bond acceptors (Lipinski definition) is 3. The van der Waals surface area contributed by atoms with Crippen LogP contribution in [0.5, 0.6) is 0 Å². The summed E-state index contributed by atoms with van der Waals surface area (Å²) in [6.45, 7) is 6.09. The van der Waals surface area contributed by atoms with Gasteiger partial charge in [-0.05, 0) is 13.3 Å². The highest BCUT2D eigenvalue weighted by atomic mass is 16.4. The second-order valence-electron chi connectivity index (χ2n) is 4.01. The van der Waals surface area contributed by atoms with E-state index in [1.165, 1.54) is 4.90 Å². The van der Waals surface area contributed by atoms with E-state index in [0.29, 0.717) is 13.0 Å².